The third-order valence-corrected chi connectivity index (χ3v) is 3.75. The Balaban J connectivity index is 2.70. The van der Waals surface area contributed by atoms with E-state index in [-0.39, 0.29) is 0 Å². The van der Waals surface area contributed by atoms with Gasteiger partial charge in [0.15, 0.2) is 0 Å². The second kappa shape index (κ2) is 7.15. The molecule has 1 rings (SSSR count). The molecule has 104 valence electrons. The minimum atomic E-state index is 0.535. The molecule has 4 heteroatoms. The number of hydrogen-bond donors (Lipinski definition) is 1. The van der Waals surface area contributed by atoms with Crippen LogP contribution in [0, 0.1) is 12.8 Å². The quantitative estimate of drug-likeness (QED) is 0.824. The molecule has 1 aromatic rings. The Labute approximate surface area is 116 Å². The maximum absolute atomic E-state index is 6.32. The zero-order valence-corrected chi connectivity index (χ0v) is 13.0. The zero-order chi connectivity index (χ0) is 13.7. The van der Waals surface area contributed by atoms with Gasteiger partial charge in [-0.15, -0.1) is 0 Å². The first-order valence-electron chi connectivity index (χ1n) is 6.87. The van der Waals surface area contributed by atoms with E-state index in [2.05, 4.69) is 31.2 Å². The lowest BCUT2D eigenvalue weighted by atomic mass is 9.97. The minimum Gasteiger partial charge on any atom is -0.314 e. The fourth-order valence-electron chi connectivity index (χ4n) is 2.26. The van der Waals surface area contributed by atoms with Crippen molar-refractivity contribution in [2.45, 2.75) is 53.0 Å². The lowest BCUT2D eigenvalue weighted by molar-refractivity contribution is 0.410. The van der Waals surface area contributed by atoms with Gasteiger partial charge in [0.25, 0.3) is 0 Å². The Hall–Kier alpha value is -0.540. The molecular weight excluding hydrogens is 246 g/mol. The molecule has 0 aliphatic heterocycles. The molecule has 0 aromatic carbocycles. The fourth-order valence-corrected chi connectivity index (χ4v) is 2.50. The molecule has 0 amide bonds. The van der Waals surface area contributed by atoms with Crippen molar-refractivity contribution in [3.8, 4) is 0 Å². The highest BCUT2D eigenvalue weighted by Gasteiger charge is 2.16. The Morgan fingerprint density at radius 1 is 1.39 bits per heavy atom. The molecule has 1 N–H and O–H groups in total. The van der Waals surface area contributed by atoms with Crippen LogP contribution >= 0.6 is 11.6 Å². The summed E-state index contributed by atoms with van der Waals surface area (Å²) in [6, 6.07) is 0.535. The first-order valence-corrected chi connectivity index (χ1v) is 7.24. The summed E-state index contributed by atoms with van der Waals surface area (Å²) in [5, 5.41) is 8.74. The van der Waals surface area contributed by atoms with Gasteiger partial charge in [0.05, 0.1) is 16.4 Å². The van der Waals surface area contributed by atoms with Crippen molar-refractivity contribution in [1.29, 1.82) is 0 Å². The van der Waals surface area contributed by atoms with E-state index in [0.29, 0.717) is 12.0 Å². The van der Waals surface area contributed by atoms with E-state index in [9.17, 15) is 0 Å². The molecule has 1 atom stereocenters. The smallest absolute Gasteiger partial charge is 0.0847 e. The molecule has 0 aliphatic rings. The summed E-state index contributed by atoms with van der Waals surface area (Å²) in [6.45, 7) is 9.62. The van der Waals surface area contributed by atoms with Crippen molar-refractivity contribution in [3.63, 3.8) is 0 Å². The first-order chi connectivity index (χ1) is 8.45. The van der Waals surface area contributed by atoms with Crippen LogP contribution in [0.1, 0.15) is 45.0 Å². The van der Waals surface area contributed by atoms with Crippen LogP contribution in [0.15, 0.2) is 0 Å². The standard InChI is InChI=1S/C14H26ClN3/c1-6-7-12(9-16-10(2)3)8-13-14(15)11(4)17-18(13)5/h10,12,16H,6-9H2,1-5H3. The third-order valence-electron chi connectivity index (χ3n) is 3.26. The molecule has 0 spiro atoms. The van der Waals surface area contributed by atoms with E-state index in [1.807, 2.05) is 18.7 Å². The summed E-state index contributed by atoms with van der Waals surface area (Å²) >= 11 is 6.32. The van der Waals surface area contributed by atoms with Gasteiger partial charge in [-0.05, 0) is 32.2 Å². The average Bonchev–Trinajstić information content (AvgIpc) is 2.53. The van der Waals surface area contributed by atoms with Crippen LogP contribution in [-0.4, -0.2) is 22.4 Å². The summed E-state index contributed by atoms with van der Waals surface area (Å²) in [5.74, 6) is 0.629. The van der Waals surface area contributed by atoms with Crippen molar-refractivity contribution in [1.82, 2.24) is 15.1 Å². The van der Waals surface area contributed by atoms with Gasteiger partial charge in [-0.25, -0.2) is 0 Å². The maximum atomic E-state index is 6.32. The summed E-state index contributed by atoms with van der Waals surface area (Å²) in [6.07, 6.45) is 3.43. The van der Waals surface area contributed by atoms with Crippen LogP contribution in [-0.2, 0) is 13.5 Å². The van der Waals surface area contributed by atoms with Crippen LogP contribution < -0.4 is 5.32 Å². The van der Waals surface area contributed by atoms with E-state index in [4.69, 9.17) is 11.6 Å². The lowest BCUT2D eigenvalue weighted by Gasteiger charge is -2.19. The van der Waals surface area contributed by atoms with Gasteiger partial charge >= 0.3 is 0 Å². The van der Waals surface area contributed by atoms with Crippen LogP contribution in [0.2, 0.25) is 5.02 Å². The van der Waals surface area contributed by atoms with E-state index in [1.54, 1.807) is 0 Å². The number of nitrogens with zero attached hydrogens (tertiary/aromatic N) is 2. The number of aromatic nitrogens is 2. The molecule has 0 saturated carbocycles. The van der Waals surface area contributed by atoms with E-state index >= 15 is 0 Å². The van der Waals surface area contributed by atoms with Gasteiger partial charge < -0.3 is 5.32 Å². The number of hydrogen-bond acceptors (Lipinski definition) is 2. The van der Waals surface area contributed by atoms with Crippen LogP contribution in [0.5, 0.6) is 0 Å². The van der Waals surface area contributed by atoms with E-state index in [0.717, 1.165) is 29.4 Å². The molecule has 1 heterocycles. The minimum absolute atomic E-state index is 0.535. The fraction of sp³-hybridized carbons (Fsp3) is 0.786. The van der Waals surface area contributed by atoms with Gasteiger partial charge in [0, 0.05) is 13.1 Å². The number of nitrogens with one attached hydrogen (secondary N) is 1. The molecule has 0 bridgehead atoms. The molecule has 18 heavy (non-hydrogen) atoms. The second-order valence-electron chi connectivity index (χ2n) is 5.39. The van der Waals surface area contributed by atoms with Gasteiger partial charge in [-0.3, -0.25) is 4.68 Å². The first kappa shape index (κ1) is 15.5. The topological polar surface area (TPSA) is 29.9 Å². The lowest BCUT2D eigenvalue weighted by Crippen LogP contribution is -2.30. The highest BCUT2D eigenvalue weighted by atomic mass is 35.5. The van der Waals surface area contributed by atoms with E-state index in [1.165, 1.54) is 12.8 Å². The van der Waals surface area contributed by atoms with E-state index < -0.39 is 0 Å². The zero-order valence-electron chi connectivity index (χ0n) is 12.3. The molecule has 0 saturated heterocycles. The number of halogens is 1. The Kier molecular flexibility index (Phi) is 6.16. The average molecular weight is 272 g/mol. The highest BCUT2D eigenvalue weighted by Crippen LogP contribution is 2.23. The predicted octanol–water partition coefficient (Wildman–Crippen LogP) is 3.34. The van der Waals surface area contributed by atoms with Crippen molar-refractivity contribution >= 4 is 11.6 Å². The van der Waals surface area contributed by atoms with Crippen LogP contribution in [0.25, 0.3) is 0 Å². The SMILES string of the molecule is CCCC(CNC(C)C)Cc1c(Cl)c(C)nn1C. The van der Waals surface area contributed by atoms with Crippen molar-refractivity contribution in [3.05, 3.63) is 16.4 Å². The van der Waals surface area contributed by atoms with Gasteiger partial charge in [0.2, 0.25) is 0 Å². The summed E-state index contributed by atoms with van der Waals surface area (Å²) < 4.78 is 1.93. The summed E-state index contributed by atoms with van der Waals surface area (Å²) in [5.41, 5.74) is 2.10. The Morgan fingerprint density at radius 3 is 2.50 bits per heavy atom. The molecule has 1 unspecified atom stereocenters. The molecule has 1 aromatic heterocycles. The Morgan fingerprint density at radius 2 is 2.06 bits per heavy atom. The second-order valence-corrected chi connectivity index (χ2v) is 5.77. The molecule has 0 fully saturated rings. The highest BCUT2D eigenvalue weighted by molar-refractivity contribution is 6.31. The van der Waals surface area contributed by atoms with Crippen molar-refractivity contribution in [2.24, 2.45) is 13.0 Å². The van der Waals surface area contributed by atoms with Crippen LogP contribution in [0.4, 0.5) is 0 Å². The monoisotopic (exact) mass is 271 g/mol. The van der Waals surface area contributed by atoms with Crippen LogP contribution in [0.3, 0.4) is 0 Å². The largest absolute Gasteiger partial charge is 0.314 e. The maximum Gasteiger partial charge on any atom is 0.0847 e. The van der Waals surface area contributed by atoms with Gasteiger partial charge in [0.1, 0.15) is 0 Å². The summed E-state index contributed by atoms with van der Waals surface area (Å²) in [4.78, 5) is 0. The van der Waals surface area contributed by atoms with Crippen molar-refractivity contribution in [2.75, 3.05) is 6.54 Å². The van der Waals surface area contributed by atoms with Gasteiger partial charge in [-0.1, -0.05) is 38.8 Å². The predicted molar refractivity (Wildman–Crippen MR) is 78.2 cm³/mol. The Bertz CT molecular complexity index is 371. The number of rotatable bonds is 7. The third kappa shape index (κ3) is 4.29. The normalized spacial score (nSPS) is 13.3. The molecular formula is C14H26ClN3. The molecule has 3 nitrogen and oxygen atoms in total. The molecule has 0 aliphatic carbocycles. The number of aryl methyl sites for hydroxylation is 2. The van der Waals surface area contributed by atoms with Gasteiger partial charge in [-0.2, -0.15) is 5.10 Å². The molecule has 0 radical (unpaired) electrons. The summed E-state index contributed by atoms with van der Waals surface area (Å²) in [7, 11) is 1.98. The van der Waals surface area contributed by atoms with Crippen molar-refractivity contribution < 1.29 is 0 Å².